The van der Waals surface area contributed by atoms with Crippen molar-refractivity contribution in [1.82, 2.24) is 0 Å². The van der Waals surface area contributed by atoms with Crippen LogP contribution in [0.2, 0.25) is 0 Å². The number of nitrogens with two attached hydrogens (primary N) is 1. The third kappa shape index (κ3) is 2.80. The van der Waals surface area contributed by atoms with Crippen molar-refractivity contribution in [1.29, 1.82) is 0 Å². The fraction of sp³-hybridized carbons (Fsp3) is 0.600. The molecule has 0 amide bonds. The van der Waals surface area contributed by atoms with Gasteiger partial charge in [-0.15, -0.1) is 13.2 Å². The lowest BCUT2D eigenvalue weighted by atomic mass is 9.86. The first-order chi connectivity index (χ1) is 5.60. The second kappa shape index (κ2) is 5.12. The Labute approximate surface area is 74.8 Å². The van der Waals surface area contributed by atoms with E-state index in [2.05, 4.69) is 13.2 Å². The average Bonchev–Trinajstić information content (AvgIpc) is 2.04. The van der Waals surface area contributed by atoms with Crippen molar-refractivity contribution < 1.29 is 5.11 Å². The first-order valence-electron chi connectivity index (χ1n) is 4.30. The molecule has 0 aromatic rings. The Kier molecular flexibility index (Phi) is 4.86. The molecule has 3 N–H and O–H groups in total. The highest BCUT2D eigenvalue weighted by Gasteiger charge is 2.30. The fourth-order valence-corrected chi connectivity index (χ4v) is 1.27. The lowest BCUT2D eigenvalue weighted by molar-refractivity contribution is 0.0185. The van der Waals surface area contributed by atoms with Crippen molar-refractivity contribution >= 4 is 0 Å². The first kappa shape index (κ1) is 11.4. The molecule has 2 nitrogen and oxygen atoms in total. The minimum absolute atomic E-state index is 0.200. The summed E-state index contributed by atoms with van der Waals surface area (Å²) in [6.45, 7) is 9.15. The summed E-state index contributed by atoms with van der Waals surface area (Å²) in [4.78, 5) is 0. The number of aliphatic hydroxyl groups is 1. The molecule has 0 bridgehead atoms. The van der Waals surface area contributed by atoms with Crippen LogP contribution in [-0.4, -0.2) is 16.7 Å². The van der Waals surface area contributed by atoms with E-state index in [4.69, 9.17) is 5.73 Å². The van der Waals surface area contributed by atoms with Gasteiger partial charge in [0.25, 0.3) is 0 Å². The average molecular weight is 169 g/mol. The third-order valence-corrected chi connectivity index (χ3v) is 2.13. The molecule has 0 spiro atoms. The molecule has 0 aromatic carbocycles. The molecule has 0 rings (SSSR count). The normalized spacial score (nSPS) is 13.9. The molecule has 70 valence electrons. The van der Waals surface area contributed by atoms with Crippen molar-refractivity contribution in [2.45, 2.75) is 37.8 Å². The minimum Gasteiger partial charge on any atom is -0.388 e. The van der Waals surface area contributed by atoms with Crippen molar-refractivity contribution in [2.75, 3.05) is 0 Å². The van der Waals surface area contributed by atoms with Crippen LogP contribution in [0, 0.1) is 0 Å². The molecule has 1 unspecified atom stereocenters. The summed E-state index contributed by atoms with van der Waals surface area (Å²) in [6.07, 6.45) is 5.19. The van der Waals surface area contributed by atoms with Gasteiger partial charge < -0.3 is 10.8 Å². The molecule has 2 heteroatoms. The lowest BCUT2D eigenvalue weighted by Crippen LogP contribution is -2.46. The molecule has 0 aliphatic rings. The van der Waals surface area contributed by atoms with Gasteiger partial charge in [0.15, 0.2) is 0 Å². The number of hydrogen-bond acceptors (Lipinski definition) is 2. The lowest BCUT2D eigenvalue weighted by Gasteiger charge is -2.31. The molecule has 0 saturated heterocycles. The Morgan fingerprint density at radius 2 is 1.83 bits per heavy atom. The zero-order valence-corrected chi connectivity index (χ0v) is 7.79. The van der Waals surface area contributed by atoms with Gasteiger partial charge in [0.05, 0.1) is 5.60 Å². The van der Waals surface area contributed by atoms with Gasteiger partial charge in [0.1, 0.15) is 0 Å². The Morgan fingerprint density at radius 1 is 1.42 bits per heavy atom. The van der Waals surface area contributed by atoms with Crippen molar-refractivity contribution in [3.8, 4) is 0 Å². The van der Waals surface area contributed by atoms with Gasteiger partial charge in [0.2, 0.25) is 0 Å². The van der Waals surface area contributed by atoms with Crippen LogP contribution in [0.3, 0.4) is 0 Å². The highest BCUT2D eigenvalue weighted by atomic mass is 16.3. The van der Waals surface area contributed by atoms with Crippen LogP contribution < -0.4 is 5.73 Å². The van der Waals surface area contributed by atoms with Crippen LogP contribution in [-0.2, 0) is 0 Å². The summed E-state index contributed by atoms with van der Waals surface area (Å²) in [5.74, 6) is 0. The van der Waals surface area contributed by atoms with Crippen molar-refractivity contribution in [2.24, 2.45) is 5.73 Å². The Bertz CT molecular complexity index is 144. The highest BCUT2D eigenvalue weighted by Crippen LogP contribution is 2.21. The van der Waals surface area contributed by atoms with Gasteiger partial charge >= 0.3 is 0 Å². The van der Waals surface area contributed by atoms with Gasteiger partial charge in [-0.2, -0.15) is 0 Å². The summed E-state index contributed by atoms with van der Waals surface area (Å²) in [5, 5.41) is 10.0. The van der Waals surface area contributed by atoms with Crippen LogP contribution in [0.1, 0.15) is 26.2 Å². The largest absolute Gasteiger partial charge is 0.388 e. The molecule has 12 heavy (non-hydrogen) atoms. The van der Waals surface area contributed by atoms with E-state index >= 15 is 0 Å². The highest BCUT2D eigenvalue weighted by molar-refractivity contribution is 4.98. The SMILES string of the molecule is C=CCC(O)(CC=C)C(N)CC. The van der Waals surface area contributed by atoms with Gasteiger partial charge in [-0.05, 0) is 19.3 Å². The summed E-state index contributed by atoms with van der Waals surface area (Å²) >= 11 is 0. The van der Waals surface area contributed by atoms with E-state index in [9.17, 15) is 5.11 Å². The molecule has 1 atom stereocenters. The Morgan fingerprint density at radius 3 is 2.08 bits per heavy atom. The quantitative estimate of drug-likeness (QED) is 0.593. The van der Waals surface area contributed by atoms with Crippen molar-refractivity contribution in [3.63, 3.8) is 0 Å². The van der Waals surface area contributed by atoms with Crippen LogP contribution in [0.5, 0.6) is 0 Å². The predicted octanol–water partition coefficient (Wildman–Crippen LogP) is 1.61. The molecule has 0 heterocycles. The molecule has 0 fully saturated rings. The van der Waals surface area contributed by atoms with Gasteiger partial charge in [0, 0.05) is 6.04 Å². The maximum atomic E-state index is 10.0. The summed E-state index contributed by atoms with van der Waals surface area (Å²) in [6, 6.07) is -0.200. The van der Waals surface area contributed by atoms with E-state index < -0.39 is 5.60 Å². The standard InChI is InChI=1S/C10H19NO/c1-4-7-10(12,8-5-2)9(11)6-3/h4-5,9,12H,1-2,6-8,11H2,3H3. The van der Waals surface area contributed by atoms with E-state index in [1.807, 2.05) is 6.92 Å². The maximum absolute atomic E-state index is 10.0. The Hall–Kier alpha value is -0.600. The second-order valence-electron chi connectivity index (χ2n) is 3.10. The van der Waals surface area contributed by atoms with Crippen LogP contribution in [0.15, 0.2) is 25.3 Å². The van der Waals surface area contributed by atoms with Crippen LogP contribution in [0.25, 0.3) is 0 Å². The molecule has 0 saturated carbocycles. The topological polar surface area (TPSA) is 46.2 Å². The van der Waals surface area contributed by atoms with Crippen LogP contribution >= 0.6 is 0 Å². The second-order valence-corrected chi connectivity index (χ2v) is 3.10. The molecule has 0 aromatic heterocycles. The molecule has 0 aliphatic heterocycles. The summed E-state index contributed by atoms with van der Waals surface area (Å²) in [7, 11) is 0. The van der Waals surface area contributed by atoms with E-state index in [1.54, 1.807) is 12.2 Å². The first-order valence-corrected chi connectivity index (χ1v) is 4.30. The van der Waals surface area contributed by atoms with Gasteiger partial charge in [-0.1, -0.05) is 19.1 Å². The third-order valence-electron chi connectivity index (χ3n) is 2.13. The minimum atomic E-state index is -0.849. The van der Waals surface area contributed by atoms with Gasteiger partial charge in [-0.25, -0.2) is 0 Å². The maximum Gasteiger partial charge on any atom is 0.0865 e. The number of hydrogen-bond donors (Lipinski definition) is 2. The molecule has 0 radical (unpaired) electrons. The zero-order chi connectivity index (χ0) is 9.61. The molecule has 0 aliphatic carbocycles. The van der Waals surface area contributed by atoms with E-state index in [0.29, 0.717) is 12.8 Å². The van der Waals surface area contributed by atoms with E-state index in [-0.39, 0.29) is 6.04 Å². The fourth-order valence-electron chi connectivity index (χ4n) is 1.27. The Balaban J connectivity index is 4.34. The van der Waals surface area contributed by atoms with Crippen LogP contribution in [0.4, 0.5) is 0 Å². The smallest absolute Gasteiger partial charge is 0.0865 e. The monoisotopic (exact) mass is 169 g/mol. The zero-order valence-electron chi connectivity index (χ0n) is 7.79. The van der Waals surface area contributed by atoms with Gasteiger partial charge in [-0.3, -0.25) is 0 Å². The van der Waals surface area contributed by atoms with Crippen molar-refractivity contribution in [3.05, 3.63) is 25.3 Å². The predicted molar refractivity (Wildman–Crippen MR) is 52.8 cm³/mol. The summed E-state index contributed by atoms with van der Waals surface area (Å²) in [5.41, 5.74) is 4.93. The van der Waals surface area contributed by atoms with E-state index in [0.717, 1.165) is 6.42 Å². The summed E-state index contributed by atoms with van der Waals surface area (Å²) < 4.78 is 0. The molecular formula is C10H19NO. The molecular weight excluding hydrogens is 150 g/mol. The van der Waals surface area contributed by atoms with E-state index in [1.165, 1.54) is 0 Å². The number of rotatable bonds is 6.